The summed E-state index contributed by atoms with van der Waals surface area (Å²) in [6.07, 6.45) is 1.94. The average molecular weight is 308 g/mol. The number of hydrogen-bond donors (Lipinski definition) is 0. The van der Waals surface area contributed by atoms with Crippen LogP contribution in [0.2, 0.25) is 0 Å². The van der Waals surface area contributed by atoms with E-state index in [1.807, 2.05) is 0 Å². The Kier molecular flexibility index (Phi) is 3.02. The minimum atomic E-state index is 0.366. The van der Waals surface area contributed by atoms with Crippen LogP contribution in [-0.4, -0.2) is 39.1 Å². The summed E-state index contributed by atoms with van der Waals surface area (Å²) in [4.78, 5) is 14.0. The molecule has 0 spiro atoms. The summed E-state index contributed by atoms with van der Waals surface area (Å²) in [5.74, 6) is 0.852. The summed E-state index contributed by atoms with van der Waals surface area (Å²) in [6.45, 7) is 6.33. The maximum absolute atomic E-state index is 11.9. The van der Waals surface area contributed by atoms with E-state index in [1.54, 1.807) is 0 Å². The average Bonchev–Trinajstić information content (AvgIpc) is 2.00. The summed E-state index contributed by atoms with van der Waals surface area (Å²) >= 11 is 2.36. The van der Waals surface area contributed by atoms with Crippen molar-refractivity contribution in [2.45, 2.75) is 38.8 Å². The van der Waals surface area contributed by atoms with E-state index in [0.29, 0.717) is 30.3 Å². The first-order valence-corrected chi connectivity index (χ1v) is 6.26. The zero-order valence-electron chi connectivity index (χ0n) is 8.74. The molecule has 2 atom stereocenters. The minimum absolute atomic E-state index is 0.366. The summed E-state index contributed by atoms with van der Waals surface area (Å²) in [5.41, 5.74) is 0. The van der Waals surface area contributed by atoms with E-state index in [-0.39, 0.29) is 0 Å². The predicted molar refractivity (Wildman–Crippen MR) is 64.1 cm³/mol. The van der Waals surface area contributed by atoms with E-state index >= 15 is 0 Å². The first-order valence-electron chi connectivity index (χ1n) is 5.30. The third-order valence-electron chi connectivity index (χ3n) is 3.02. The van der Waals surface area contributed by atoms with Crippen molar-refractivity contribution in [1.29, 1.82) is 0 Å². The molecule has 2 unspecified atom stereocenters. The lowest BCUT2D eigenvalue weighted by Crippen LogP contribution is -2.68. The van der Waals surface area contributed by atoms with Crippen molar-refractivity contribution >= 4 is 28.8 Å². The van der Waals surface area contributed by atoms with Gasteiger partial charge in [-0.1, -0.05) is 13.8 Å². The van der Waals surface area contributed by atoms with Crippen LogP contribution in [-0.2, 0) is 4.79 Å². The molecule has 0 aliphatic carbocycles. The molecular weight excluding hydrogens is 291 g/mol. The highest BCUT2D eigenvalue weighted by atomic mass is 127. The fraction of sp³-hybridized carbons (Fsp3) is 0.900. The van der Waals surface area contributed by atoms with Crippen molar-refractivity contribution in [3.05, 3.63) is 0 Å². The molecule has 0 aromatic carbocycles. The second-order valence-corrected chi connectivity index (χ2v) is 6.13. The molecule has 3 fully saturated rings. The number of nitrogens with zero attached hydrogens (tertiary/aromatic N) is 2. The number of carbonyl (C=O) groups excluding carboxylic acids is 1. The first kappa shape index (κ1) is 10.7. The van der Waals surface area contributed by atoms with Crippen molar-refractivity contribution in [3.8, 4) is 0 Å². The number of halogens is 1. The molecule has 3 aliphatic heterocycles. The molecule has 0 saturated carbocycles. The highest BCUT2D eigenvalue weighted by Gasteiger charge is 2.46. The lowest BCUT2D eigenvalue weighted by atomic mass is 9.88. The maximum Gasteiger partial charge on any atom is 0.223 e. The Balaban J connectivity index is 1.91. The zero-order chi connectivity index (χ0) is 10.3. The summed E-state index contributed by atoms with van der Waals surface area (Å²) < 4.78 is 2.30. The first-order chi connectivity index (χ1) is 6.58. The van der Waals surface area contributed by atoms with Gasteiger partial charge in [0.15, 0.2) is 0 Å². The lowest BCUT2D eigenvalue weighted by Gasteiger charge is -2.55. The van der Waals surface area contributed by atoms with E-state index in [4.69, 9.17) is 0 Å². The second-order valence-electron chi connectivity index (χ2n) is 4.77. The van der Waals surface area contributed by atoms with Gasteiger partial charge in [-0.2, -0.15) is 0 Å². The normalized spacial score (nSPS) is 31.9. The third kappa shape index (κ3) is 1.91. The Bertz CT molecular complexity index is 232. The van der Waals surface area contributed by atoms with Crippen LogP contribution in [0.5, 0.6) is 0 Å². The van der Waals surface area contributed by atoms with Crippen LogP contribution in [0, 0.1) is 5.92 Å². The molecule has 2 bridgehead atoms. The molecule has 3 heterocycles. The Labute approximate surface area is 99.3 Å². The molecule has 3 saturated heterocycles. The highest BCUT2D eigenvalue weighted by Crippen LogP contribution is 2.34. The summed E-state index contributed by atoms with van der Waals surface area (Å²) in [6, 6.07) is 1.02. The van der Waals surface area contributed by atoms with Crippen molar-refractivity contribution in [3.63, 3.8) is 0 Å². The molecule has 3 rings (SSSR count). The highest BCUT2D eigenvalue weighted by molar-refractivity contribution is 14.1. The maximum atomic E-state index is 11.9. The van der Waals surface area contributed by atoms with Gasteiger partial charge in [0.25, 0.3) is 0 Å². The Morgan fingerprint density at radius 2 is 2.00 bits per heavy atom. The molecule has 3 aliphatic rings. The molecule has 0 radical (unpaired) electrons. The fourth-order valence-electron chi connectivity index (χ4n) is 2.42. The van der Waals surface area contributed by atoms with Gasteiger partial charge in [0.1, 0.15) is 0 Å². The standard InChI is InChI=1S/C10H17IN2O/c1-7(2)3-10(14)13-8-4-9(13)6-12(11)5-8/h7-9H,3-6H2,1-2H3. The summed E-state index contributed by atoms with van der Waals surface area (Å²) in [5, 5.41) is 0. The molecule has 1 amide bonds. The van der Waals surface area contributed by atoms with Crippen LogP contribution in [0.25, 0.3) is 0 Å². The Morgan fingerprint density at radius 3 is 2.50 bits per heavy atom. The fourth-order valence-corrected chi connectivity index (χ4v) is 3.33. The Morgan fingerprint density at radius 1 is 1.43 bits per heavy atom. The SMILES string of the molecule is CC(C)CC(=O)N1C2CC1CN(I)C2. The number of fused-ring (bicyclic) bond motifs is 2. The van der Waals surface area contributed by atoms with Crippen molar-refractivity contribution in [1.82, 2.24) is 8.01 Å². The zero-order valence-corrected chi connectivity index (χ0v) is 10.9. The van der Waals surface area contributed by atoms with Crippen LogP contribution < -0.4 is 0 Å². The lowest BCUT2D eigenvalue weighted by molar-refractivity contribution is -0.150. The quantitative estimate of drug-likeness (QED) is 0.572. The van der Waals surface area contributed by atoms with Gasteiger partial charge in [0.2, 0.25) is 5.91 Å². The van der Waals surface area contributed by atoms with E-state index in [0.717, 1.165) is 13.1 Å². The molecule has 0 N–H and O–H groups in total. The van der Waals surface area contributed by atoms with Gasteiger partial charge in [-0.05, 0) is 12.3 Å². The molecule has 0 aromatic heterocycles. The molecule has 0 aromatic rings. The van der Waals surface area contributed by atoms with Crippen molar-refractivity contribution in [2.75, 3.05) is 13.1 Å². The molecule has 14 heavy (non-hydrogen) atoms. The minimum Gasteiger partial charge on any atom is -0.334 e. The number of piperazine rings is 1. The van der Waals surface area contributed by atoms with Crippen molar-refractivity contribution in [2.24, 2.45) is 5.92 Å². The van der Waals surface area contributed by atoms with Gasteiger partial charge < -0.3 is 4.90 Å². The Hall–Kier alpha value is 0.160. The van der Waals surface area contributed by atoms with Gasteiger partial charge in [-0.25, -0.2) is 3.11 Å². The molecule has 4 heteroatoms. The van der Waals surface area contributed by atoms with Gasteiger partial charge >= 0.3 is 0 Å². The van der Waals surface area contributed by atoms with Crippen molar-refractivity contribution < 1.29 is 4.79 Å². The molecule has 80 valence electrons. The number of carbonyl (C=O) groups is 1. The number of hydrogen-bond acceptors (Lipinski definition) is 2. The van der Waals surface area contributed by atoms with E-state index in [2.05, 4.69) is 44.7 Å². The van der Waals surface area contributed by atoms with Crippen LogP contribution >= 0.6 is 22.9 Å². The second kappa shape index (κ2) is 3.96. The number of rotatable bonds is 2. The van der Waals surface area contributed by atoms with Crippen LogP contribution in [0.1, 0.15) is 26.7 Å². The van der Waals surface area contributed by atoms with Gasteiger partial charge in [-0.15, -0.1) is 0 Å². The summed E-state index contributed by atoms with van der Waals surface area (Å²) in [7, 11) is 0. The largest absolute Gasteiger partial charge is 0.334 e. The van der Waals surface area contributed by atoms with Gasteiger partial charge in [0.05, 0.1) is 0 Å². The molecular formula is C10H17IN2O. The number of piperidine rings is 1. The van der Waals surface area contributed by atoms with E-state index in [1.165, 1.54) is 6.42 Å². The van der Waals surface area contributed by atoms with Crippen LogP contribution in [0.4, 0.5) is 0 Å². The van der Waals surface area contributed by atoms with Crippen LogP contribution in [0.3, 0.4) is 0 Å². The van der Waals surface area contributed by atoms with Gasteiger partial charge in [0, 0.05) is 54.5 Å². The molecule has 3 nitrogen and oxygen atoms in total. The van der Waals surface area contributed by atoms with Crippen LogP contribution in [0.15, 0.2) is 0 Å². The van der Waals surface area contributed by atoms with E-state index in [9.17, 15) is 4.79 Å². The third-order valence-corrected chi connectivity index (χ3v) is 3.81. The van der Waals surface area contributed by atoms with E-state index < -0.39 is 0 Å². The monoisotopic (exact) mass is 308 g/mol. The smallest absolute Gasteiger partial charge is 0.223 e. The number of amides is 1. The predicted octanol–water partition coefficient (Wildman–Crippen LogP) is 1.67. The van der Waals surface area contributed by atoms with Gasteiger partial charge in [-0.3, -0.25) is 4.79 Å². The topological polar surface area (TPSA) is 23.6 Å².